The van der Waals surface area contributed by atoms with Gasteiger partial charge in [0.05, 0.1) is 0 Å². The third kappa shape index (κ3) is 7.19. The van der Waals surface area contributed by atoms with E-state index in [0.29, 0.717) is 0 Å². The Morgan fingerprint density at radius 1 is 0.889 bits per heavy atom. The van der Waals surface area contributed by atoms with Crippen LogP contribution in [0.1, 0.15) is 27.7 Å². The molecule has 5 atom stereocenters. The molecule has 1 N–H and O–H groups in total. The first-order valence-electron chi connectivity index (χ1n) is 7.81. The minimum atomic E-state index is -1.47. The van der Waals surface area contributed by atoms with Crippen molar-refractivity contribution in [2.45, 2.75) is 58.3 Å². The summed E-state index contributed by atoms with van der Waals surface area (Å²) in [6.07, 6.45) is -5.23. The van der Waals surface area contributed by atoms with Gasteiger partial charge in [0.15, 0.2) is 6.10 Å². The van der Waals surface area contributed by atoms with Crippen LogP contribution >= 0.6 is 0 Å². The molecule has 0 spiro atoms. The van der Waals surface area contributed by atoms with Crippen molar-refractivity contribution in [3.05, 3.63) is 0 Å². The largest absolute Gasteiger partial charge is 0.463 e. The number of hydrogen-bond acceptors (Lipinski definition) is 12. The molecule has 0 radical (unpaired) electrons. The Morgan fingerprint density at radius 2 is 1.44 bits per heavy atom. The number of hydroxylamine groups is 1. The maximum absolute atomic E-state index is 11.5. The molecule has 1 rings (SSSR count). The van der Waals surface area contributed by atoms with E-state index in [1.54, 1.807) is 0 Å². The van der Waals surface area contributed by atoms with Gasteiger partial charge in [0.25, 0.3) is 0 Å². The molecule has 0 aliphatic carbocycles. The summed E-state index contributed by atoms with van der Waals surface area (Å²) in [6.45, 7) is 4.13. The zero-order chi connectivity index (χ0) is 20.6. The standard InChI is InChI=1S/C15H21NO11/c1-7(18)22-5-11-12(16-23-6-17)13(24-8(2)19)14(25-9(3)20)15(27-11)26-10(4)21/h6,11-16H,5H2,1-4H3/t11-,12?,13+,14+,15+/m1/s1. The highest BCUT2D eigenvalue weighted by atomic mass is 16.7. The van der Waals surface area contributed by atoms with E-state index in [1.165, 1.54) is 0 Å². The molecule has 0 aromatic heterocycles. The van der Waals surface area contributed by atoms with Crippen LogP contribution in [0.2, 0.25) is 0 Å². The zero-order valence-electron chi connectivity index (χ0n) is 15.2. The molecule has 0 bridgehead atoms. The van der Waals surface area contributed by atoms with E-state index in [0.717, 1.165) is 27.7 Å². The number of ether oxygens (including phenoxy) is 5. The summed E-state index contributed by atoms with van der Waals surface area (Å²) in [5.41, 5.74) is 2.28. The minimum absolute atomic E-state index is 0.0622. The third-order valence-corrected chi connectivity index (χ3v) is 3.24. The van der Waals surface area contributed by atoms with Crippen molar-refractivity contribution in [1.82, 2.24) is 5.48 Å². The Kier molecular flexibility index (Phi) is 8.62. The second kappa shape index (κ2) is 10.4. The van der Waals surface area contributed by atoms with Crippen LogP contribution in [0.4, 0.5) is 0 Å². The maximum atomic E-state index is 11.5. The number of esters is 4. The van der Waals surface area contributed by atoms with Crippen molar-refractivity contribution in [1.29, 1.82) is 0 Å². The summed E-state index contributed by atoms with van der Waals surface area (Å²) < 4.78 is 25.7. The van der Waals surface area contributed by atoms with E-state index in [-0.39, 0.29) is 13.1 Å². The second-order valence-corrected chi connectivity index (χ2v) is 5.46. The number of carbonyl (C=O) groups excluding carboxylic acids is 5. The predicted octanol–water partition coefficient (Wildman–Crippen LogP) is -1.25. The molecule has 1 fully saturated rings. The molecule has 1 unspecified atom stereocenters. The normalized spacial score (nSPS) is 27.0. The van der Waals surface area contributed by atoms with Crippen LogP contribution in [0.25, 0.3) is 0 Å². The lowest BCUT2D eigenvalue weighted by Crippen LogP contribution is -2.66. The summed E-state index contributed by atoms with van der Waals surface area (Å²) in [7, 11) is 0. The van der Waals surface area contributed by atoms with Gasteiger partial charge in [-0.3, -0.25) is 24.0 Å². The molecule has 12 nitrogen and oxygen atoms in total. The fourth-order valence-corrected chi connectivity index (χ4v) is 2.40. The number of carbonyl (C=O) groups is 5. The Balaban J connectivity index is 3.24. The van der Waals surface area contributed by atoms with Crippen molar-refractivity contribution in [3.8, 4) is 0 Å². The van der Waals surface area contributed by atoms with E-state index < -0.39 is 54.5 Å². The Morgan fingerprint density at radius 3 is 1.93 bits per heavy atom. The zero-order valence-corrected chi connectivity index (χ0v) is 15.2. The third-order valence-electron chi connectivity index (χ3n) is 3.24. The predicted molar refractivity (Wildman–Crippen MR) is 82.2 cm³/mol. The highest BCUT2D eigenvalue weighted by Gasteiger charge is 2.52. The summed E-state index contributed by atoms with van der Waals surface area (Å²) in [5, 5.41) is 0. The molecule has 1 aliphatic rings. The lowest BCUT2D eigenvalue weighted by Gasteiger charge is -2.43. The van der Waals surface area contributed by atoms with Crippen molar-refractivity contribution in [3.63, 3.8) is 0 Å². The summed E-state index contributed by atoms with van der Waals surface area (Å²) >= 11 is 0. The van der Waals surface area contributed by atoms with Gasteiger partial charge in [-0.15, -0.1) is 5.48 Å². The van der Waals surface area contributed by atoms with Gasteiger partial charge in [-0.2, -0.15) is 0 Å². The Hall–Kier alpha value is -2.73. The van der Waals surface area contributed by atoms with Crippen molar-refractivity contribution in [2.24, 2.45) is 0 Å². The van der Waals surface area contributed by atoms with Crippen LogP contribution < -0.4 is 5.48 Å². The van der Waals surface area contributed by atoms with Gasteiger partial charge in [0, 0.05) is 27.7 Å². The molecule has 0 saturated carbocycles. The molecule has 0 aromatic carbocycles. The molecular formula is C15H21NO11. The fraction of sp³-hybridized carbons (Fsp3) is 0.667. The second-order valence-electron chi connectivity index (χ2n) is 5.46. The first-order valence-corrected chi connectivity index (χ1v) is 7.81. The van der Waals surface area contributed by atoms with Crippen LogP contribution in [0, 0.1) is 0 Å². The quantitative estimate of drug-likeness (QED) is 0.227. The molecule has 27 heavy (non-hydrogen) atoms. The van der Waals surface area contributed by atoms with E-state index >= 15 is 0 Å². The molecular weight excluding hydrogens is 370 g/mol. The molecule has 152 valence electrons. The van der Waals surface area contributed by atoms with Gasteiger partial charge in [-0.25, -0.2) is 0 Å². The van der Waals surface area contributed by atoms with Gasteiger partial charge in [0.2, 0.25) is 12.4 Å². The van der Waals surface area contributed by atoms with E-state index in [1.807, 2.05) is 0 Å². The van der Waals surface area contributed by atoms with Gasteiger partial charge < -0.3 is 28.5 Å². The fourth-order valence-electron chi connectivity index (χ4n) is 2.40. The van der Waals surface area contributed by atoms with E-state index in [2.05, 4.69) is 10.3 Å². The Labute approximate surface area is 154 Å². The maximum Gasteiger partial charge on any atom is 0.312 e. The molecule has 1 aliphatic heterocycles. The van der Waals surface area contributed by atoms with Crippen molar-refractivity contribution < 1.29 is 52.5 Å². The number of rotatable bonds is 8. The van der Waals surface area contributed by atoms with Crippen LogP contribution in [0.15, 0.2) is 0 Å². The first-order chi connectivity index (χ1) is 12.6. The van der Waals surface area contributed by atoms with Gasteiger partial charge >= 0.3 is 30.3 Å². The van der Waals surface area contributed by atoms with E-state index in [4.69, 9.17) is 23.7 Å². The number of hydrogen-bond donors (Lipinski definition) is 1. The summed E-state index contributed by atoms with van der Waals surface area (Å²) in [4.78, 5) is 60.5. The van der Waals surface area contributed by atoms with E-state index in [9.17, 15) is 24.0 Å². The van der Waals surface area contributed by atoms with Gasteiger partial charge in [-0.1, -0.05) is 0 Å². The molecule has 1 saturated heterocycles. The van der Waals surface area contributed by atoms with Crippen LogP contribution in [0.5, 0.6) is 0 Å². The molecule has 12 heteroatoms. The Bertz CT molecular complexity index is 578. The smallest absolute Gasteiger partial charge is 0.312 e. The topological polar surface area (TPSA) is 153 Å². The molecule has 1 heterocycles. The van der Waals surface area contributed by atoms with Gasteiger partial charge in [-0.05, 0) is 0 Å². The van der Waals surface area contributed by atoms with Crippen molar-refractivity contribution in [2.75, 3.05) is 6.61 Å². The average molecular weight is 391 g/mol. The minimum Gasteiger partial charge on any atom is -0.463 e. The summed E-state index contributed by atoms with van der Waals surface area (Å²) in [5.74, 6) is -2.93. The van der Waals surface area contributed by atoms with Crippen molar-refractivity contribution >= 4 is 30.3 Å². The summed E-state index contributed by atoms with van der Waals surface area (Å²) in [6, 6.07) is -1.12. The highest BCUT2D eigenvalue weighted by molar-refractivity contribution is 5.68. The van der Waals surface area contributed by atoms with Gasteiger partial charge in [0.1, 0.15) is 18.8 Å². The van der Waals surface area contributed by atoms with Crippen LogP contribution in [-0.4, -0.2) is 67.6 Å². The lowest BCUT2D eigenvalue weighted by molar-refractivity contribution is -0.285. The molecule has 0 aromatic rings. The van der Waals surface area contributed by atoms with Crippen LogP contribution in [0.3, 0.4) is 0 Å². The van der Waals surface area contributed by atoms with Crippen LogP contribution in [-0.2, 0) is 52.5 Å². The monoisotopic (exact) mass is 391 g/mol. The molecule has 0 amide bonds. The number of nitrogens with one attached hydrogen (secondary N) is 1. The lowest BCUT2D eigenvalue weighted by atomic mass is 9.96. The SMILES string of the molecule is CC(=O)OC[C@H]1O[C@H](OC(C)=O)[C@@H](OC(C)=O)[C@@H](OC(C)=O)C1NOC=O. The average Bonchev–Trinajstić information content (AvgIpc) is 2.53. The first kappa shape index (κ1) is 22.3. The highest BCUT2D eigenvalue weighted by Crippen LogP contribution is 2.28.